The van der Waals surface area contributed by atoms with Gasteiger partial charge in [0.25, 0.3) is 5.91 Å². The van der Waals surface area contributed by atoms with E-state index in [9.17, 15) is 14.4 Å². The number of carbonyl (C=O) groups excluding carboxylic acids is 3. The lowest BCUT2D eigenvalue weighted by Crippen LogP contribution is -2.41. The maximum atomic E-state index is 12.1. The first kappa shape index (κ1) is 24.2. The molecule has 31 heavy (non-hydrogen) atoms. The number of carbonyl (C=O) groups is 3. The van der Waals surface area contributed by atoms with E-state index < -0.39 is 11.8 Å². The van der Waals surface area contributed by atoms with Crippen molar-refractivity contribution in [1.82, 2.24) is 10.7 Å². The molecule has 3 N–H and O–H groups in total. The highest BCUT2D eigenvalue weighted by Gasteiger charge is 2.14. The Bertz CT molecular complexity index is 982. The summed E-state index contributed by atoms with van der Waals surface area (Å²) in [5.41, 5.74) is 3.26. The molecule has 10 heteroatoms. The minimum Gasteiger partial charge on any atom is -0.484 e. The molecule has 2 rings (SSSR count). The van der Waals surface area contributed by atoms with Gasteiger partial charge in [-0.2, -0.15) is 5.10 Å². The maximum absolute atomic E-state index is 12.1. The van der Waals surface area contributed by atoms with E-state index in [0.717, 1.165) is 0 Å². The summed E-state index contributed by atoms with van der Waals surface area (Å²) in [6.07, 6.45) is 2.07. The summed E-state index contributed by atoms with van der Waals surface area (Å²) in [7, 11) is 0. The van der Waals surface area contributed by atoms with E-state index in [4.69, 9.17) is 27.9 Å². The van der Waals surface area contributed by atoms with Gasteiger partial charge in [0.1, 0.15) is 5.75 Å². The Hall–Kier alpha value is -3.10. The zero-order valence-corrected chi connectivity index (χ0v) is 18.5. The van der Waals surface area contributed by atoms with Crippen molar-refractivity contribution in [1.29, 1.82) is 0 Å². The van der Waals surface area contributed by atoms with Crippen LogP contribution in [0.15, 0.2) is 47.6 Å². The second kappa shape index (κ2) is 11.9. The van der Waals surface area contributed by atoms with Crippen LogP contribution in [0.2, 0.25) is 10.0 Å². The van der Waals surface area contributed by atoms with Crippen molar-refractivity contribution < 1.29 is 19.1 Å². The third-order valence-electron chi connectivity index (χ3n) is 4.01. The summed E-state index contributed by atoms with van der Waals surface area (Å²) in [6, 6.07) is 11.4. The maximum Gasteiger partial charge on any atom is 0.329 e. The highest BCUT2D eigenvalue weighted by atomic mass is 35.5. The van der Waals surface area contributed by atoms with Crippen LogP contribution in [0.25, 0.3) is 0 Å². The molecular formula is C21H22Cl2N4O4. The standard InChI is InChI=1S/C21H22Cl2N4O4/c1-3-13(2)25-20(29)21(30)27-24-11-14-5-4-6-16(9-14)31-12-19(28)26-15-7-8-17(22)18(23)10-15/h4-11,13H,3,12H2,1-2H3,(H,25,29)(H,26,28)(H,27,30)/b24-11-/t13-/m0/s1. The molecule has 164 valence electrons. The predicted molar refractivity (Wildman–Crippen MR) is 121 cm³/mol. The highest BCUT2D eigenvalue weighted by molar-refractivity contribution is 6.42. The number of ether oxygens (including phenoxy) is 1. The number of anilines is 1. The molecule has 0 unspecified atom stereocenters. The van der Waals surface area contributed by atoms with E-state index >= 15 is 0 Å². The number of hydrazone groups is 1. The number of nitrogens with zero attached hydrogens (tertiary/aromatic N) is 1. The summed E-state index contributed by atoms with van der Waals surface area (Å²) < 4.78 is 5.47. The molecule has 0 aliphatic rings. The zero-order valence-electron chi connectivity index (χ0n) is 16.9. The van der Waals surface area contributed by atoms with Crippen molar-refractivity contribution in [2.75, 3.05) is 11.9 Å². The highest BCUT2D eigenvalue weighted by Crippen LogP contribution is 2.25. The van der Waals surface area contributed by atoms with E-state index in [0.29, 0.717) is 33.5 Å². The van der Waals surface area contributed by atoms with Gasteiger partial charge in [0.2, 0.25) is 0 Å². The molecule has 0 aromatic heterocycles. The van der Waals surface area contributed by atoms with Gasteiger partial charge in [-0.3, -0.25) is 14.4 Å². The van der Waals surface area contributed by atoms with Crippen molar-refractivity contribution in [3.05, 3.63) is 58.1 Å². The molecular weight excluding hydrogens is 443 g/mol. The van der Waals surface area contributed by atoms with Crippen LogP contribution in [-0.2, 0) is 14.4 Å². The van der Waals surface area contributed by atoms with E-state index in [2.05, 4.69) is 21.2 Å². The van der Waals surface area contributed by atoms with Crippen molar-refractivity contribution in [2.45, 2.75) is 26.3 Å². The SMILES string of the molecule is CC[C@H](C)NC(=O)C(=O)N/N=C\c1cccc(OCC(=O)Nc2ccc(Cl)c(Cl)c2)c1. The Morgan fingerprint density at radius 2 is 1.87 bits per heavy atom. The zero-order chi connectivity index (χ0) is 22.8. The number of benzene rings is 2. The number of hydrogen-bond acceptors (Lipinski definition) is 5. The van der Waals surface area contributed by atoms with E-state index in [-0.39, 0.29) is 18.6 Å². The molecule has 0 spiro atoms. The summed E-state index contributed by atoms with van der Waals surface area (Å²) in [5, 5.41) is 9.67. The minimum absolute atomic E-state index is 0.107. The lowest BCUT2D eigenvalue weighted by atomic mass is 10.2. The summed E-state index contributed by atoms with van der Waals surface area (Å²) >= 11 is 11.8. The lowest BCUT2D eigenvalue weighted by Gasteiger charge is -2.09. The molecule has 0 heterocycles. The molecule has 0 radical (unpaired) electrons. The number of amides is 3. The van der Waals surface area contributed by atoms with E-state index in [1.807, 2.05) is 6.92 Å². The number of nitrogens with one attached hydrogen (secondary N) is 3. The van der Waals surface area contributed by atoms with E-state index in [1.54, 1.807) is 43.3 Å². The molecule has 2 aromatic carbocycles. The smallest absolute Gasteiger partial charge is 0.329 e. The van der Waals surface area contributed by atoms with Crippen LogP contribution in [-0.4, -0.2) is 36.6 Å². The molecule has 1 atom stereocenters. The van der Waals surface area contributed by atoms with Crippen LogP contribution in [0, 0.1) is 0 Å². The Kier molecular flexibility index (Phi) is 9.30. The number of rotatable bonds is 8. The first-order valence-corrected chi connectivity index (χ1v) is 10.2. The van der Waals surface area contributed by atoms with Crippen molar-refractivity contribution in [3.63, 3.8) is 0 Å². The van der Waals surface area contributed by atoms with Gasteiger partial charge in [0.15, 0.2) is 6.61 Å². The Balaban J connectivity index is 1.85. The van der Waals surface area contributed by atoms with Crippen LogP contribution in [0.5, 0.6) is 5.75 Å². The average molecular weight is 465 g/mol. The van der Waals surface area contributed by atoms with Gasteiger partial charge >= 0.3 is 11.8 Å². The molecule has 0 saturated heterocycles. The molecule has 2 aromatic rings. The topological polar surface area (TPSA) is 109 Å². The molecule has 0 aliphatic heterocycles. The number of halogens is 2. The molecule has 0 aliphatic carbocycles. The van der Waals surface area contributed by atoms with Crippen LogP contribution in [0.1, 0.15) is 25.8 Å². The predicted octanol–water partition coefficient (Wildman–Crippen LogP) is 3.38. The quantitative estimate of drug-likeness (QED) is 0.316. The molecule has 3 amide bonds. The molecule has 0 saturated carbocycles. The second-order valence-corrected chi connectivity index (χ2v) is 7.33. The number of hydrogen-bond donors (Lipinski definition) is 3. The third-order valence-corrected chi connectivity index (χ3v) is 4.75. The van der Waals surface area contributed by atoms with E-state index in [1.165, 1.54) is 12.3 Å². The normalized spacial score (nSPS) is 11.6. The summed E-state index contributed by atoms with van der Waals surface area (Å²) in [6.45, 7) is 3.46. The lowest BCUT2D eigenvalue weighted by molar-refractivity contribution is -0.139. The first-order valence-electron chi connectivity index (χ1n) is 9.40. The summed E-state index contributed by atoms with van der Waals surface area (Å²) in [4.78, 5) is 35.4. The van der Waals surface area contributed by atoms with Crippen LogP contribution in [0.4, 0.5) is 5.69 Å². The molecule has 0 fully saturated rings. The van der Waals surface area contributed by atoms with Gasteiger partial charge in [-0.1, -0.05) is 42.3 Å². The Labute approximate surface area is 189 Å². The third kappa shape index (κ3) is 8.27. The van der Waals surface area contributed by atoms with Gasteiger partial charge in [-0.15, -0.1) is 0 Å². The van der Waals surface area contributed by atoms with Crippen molar-refractivity contribution in [3.8, 4) is 5.75 Å². The van der Waals surface area contributed by atoms with Crippen LogP contribution >= 0.6 is 23.2 Å². The minimum atomic E-state index is -0.858. The summed E-state index contributed by atoms with van der Waals surface area (Å²) in [5.74, 6) is -1.56. The Morgan fingerprint density at radius 3 is 2.58 bits per heavy atom. The fourth-order valence-electron chi connectivity index (χ4n) is 2.21. The first-order chi connectivity index (χ1) is 14.8. The molecule has 8 nitrogen and oxygen atoms in total. The largest absolute Gasteiger partial charge is 0.484 e. The monoisotopic (exact) mass is 464 g/mol. The van der Waals surface area contributed by atoms with Gasteiger partial charge < -0.3 is 15.4 Å². The average Bonchev–Trinajstić information content (AvgIpc) is 2.75. The molecule has 0 bridgehead atoms. The van der Waals surface area contributed by atoms with Crippen LogP contribution < -0.4 is 20.8 Å². The van der Waals surface area contributed by atoms with Crippen molar-refractivity contribution >= 4 is 52.8 Å². The second-order valence-electron chi connectivity index (χ2n) is 6.52. The van der Waals surface area contributed by atoms with Crippen LogP contribution in [0.3, 0.4) is 0 Å². The van der Waals surface area contributed by atoms with Gasteiger partial charge in [0, 0.05) is 11.7 Å². The fraction of sp³-hybridized carbons (Fsp3) is 0.238. The van der Waals surface area contributed by atoms with Gasteiger partial charge in [0.05, 0.1) is 16.3 Å². The van der Waals surface area contributed by atoms with Gasteiger partial charge in [-0.05, 0) is 49.2 Å². The van der Waals surface area contributed by atoms with Crippen molar-refractivity contribution in [2.24, 2.45) is 5.10 Å². The Morgan fingerprint density at radius 1 is 1.10 bits per heavy atom. The van der Waals surface area contributed by atoms with Gasteiger partial charge in [-0.25, -0.2) is 5.43 Å². The fourth-order valence-corrected chi connectivity index (χ4v) is 2.51.